The number of halogens is 3. The van der Waals surface area contributed by atoms with Crippen LogP contribution in [-0.4, -0.2) is 50.5 Å². The molecule has 0 bridgehead atoms. The normalized spacial score (nSPS) is 17.2. The second-order valence-electron chi connectivity index (χ2n) is 9.54. The van der Waals surface area contributed by atoms with Gasteiger partial charge in [-0.3, -0.25) is 14.3 Å². The van der Waals surface area contributed by atoms with Crippen LogP contribution in [0.5, 0.6) is 11.5 Å². The maximum atomic E-state index is 13.3. The number of carbonyl (C=O) groups is 1. The Labute approximate surface area is 223 Å². The van der Waals surface area contributed by atoms with Crippen molar-refractivity contribution in [2.75, 3.05) is 6.54 Å². The molecule has 5 rings (SSSR count). The summed E-state index contributed by atoms with van der Waals surface area (Å²) in [6, 6.07) is 18.0. The lowest BCUT2D eigenvalue weighted by Gasteiger charge is -2.36. The molecule has 2 unspecified atom stereocenters. The number of fused-ring (bicyclic) bond motifs is 1. The van der Waals surface area contributed by atoms with Crippen LogP contribution in [0.3, 0.4) is 0 Å². The zero-order chi connectivity index (χ0) is 27.6. The van der Waals surface area contributed by atoms with Crippen LogP contribution in [0.15, 0.2) is 73.1 Å². The van der Waals surface area contributed by atoms with Crippen LogP contribution in [0, 0.1) is 0 Å². The van der Waals surface area contributed by atoms with Crippen molar-refractivity contribution in [2.24, 2.45) is 0 Å². The van der Waals surface area contributed by atoms with Gasteiger partial charge in [0.05, 0.1) is 22.8 Å². The second-order valence-corrected chi connectivity index (χ2v) is 9.54. The molecule has 204 valence electrons. The Hall–Kier alpha value is -3.89. The SMILES string of the molecule is CC(O)N1CCCCC1C(=O)c1ccc2c(c1)ncn2-c1cccc(OCc2ccc(OC(F)(F)F)cc2)c1. The number of carbonyl (C=O) groups excluding carboxylic acids is 1. The van der Waals surface area contributed by atoms with Crippen molar-refractivity contribution in [2.45, 2.75) is 51.4 Å². The third-order valence-electron chi connectivity index (χ3n) is 6.82. The molecule has 1 aliphatic rings. The average molecular weight is 540 g/mol. The highest BCUT2D eigenvalue weighted by Gasteiger charge is 2.32. The zero-order valence-corrected chi connectivity index (χ0v) is 21.3. The van der Waals surface area contributed by atoms with E-state index in [9.17, 15) is 23.1 Å². The lowest BCUT2D eigenvalue weighted by atomic mass is 9.94. The first-order chi connectivity index (χ1) is 18.7. The highest BCUT2D eigenvalue weighted by Crippen LogP contribution is 2.27. The lowest BCUT2D eigenvalue weighted by molar-refractivity contribution is -0.274. The smallest absolute Gasteiger partial charge is 0.489 e. The maximum absolute atomic E-state index is 13.3. The Morgan fingerprint density at radius 1 is 1.08 bits per heavy atom. The maximum Gasteiger partial charge on any atom is 0.573 e. The van der Waals surface area contributed by atoms with Crippen molar-refractivity contribution in [3.05, 3.63) is 84.2 Å². The van der Waals surface area contributed by atoms with Gasteiger partial charge in [0, 0.05) is 18.2 Å². The van der Waals surface area contributed by atoms with Crippen LogP contribution in [-0.2, 0) is 6.61 Å². The molecule has 1 aliphatic heterocycles. The molecule has 0 radical (unpaired) electrons. The Morgan fingerprint density at radius 3 is 2.62 bits per heavy atom. The quantitative estimate of drug-likeness (QED) is 0.282. The van der Waals surface area contributed by atoms with Crippen LogP contribution in [0.1, 0.15) is 42.1 Å². The number of hydrogen-bond acceptors (Lipinski definition) is 6. The van der Waals surface area contributed by atoms with Crippen molar-refractivity contribution in [1.82, 2.24) is 14.5 Å². The summed E-state index contributed by atoms with van der Waals surface area (Å²) in [6.07, 6.45) is -1.10. The van der Waals surface area contributed by atoms with Crippen molar-refractivity contribution < 1.29 is 32.5 Å². The van der Waals surface area contributed by atoms with Gasteiger partial charge in [-0.1, -0.05) is 24.6 Å². The van der Waals surface area contributed by atoms with E-state index in [-0.39, 0.29) is 24.2 Å². The molecule has 0 spiro atoms. The Morgan fingerprint density at radius 2 is 1.87 bits per heavy atom. The summed E-state index contributed by atoms with van der Waals surface area (Å²) in [5, 5.41) is 10.1. The van der Waals surface area contributed by atoms with Gasteiger partial charge in [0.2, 0.25) is 0 Å². The molecular formula is C29H28F3N3O4. The van der Waals surface area contributed by atoms with E-state index in [0.717, 1.165) is 24.0 Å². The first kappa shape index (κ1) is 26.7. The summed E-state index contributed by atoms with van der Waals surface area (Å²) >= 11 is 0. The molecule has 1 fully saturated rings. The van der Waals surface area contributed by atoms with Gasteiger partial charge in [-0.15, -0.1) is 13.2 Å². The molecule has 0 aliphatic carbocycles. The molecule has 39 heavy (non-hydrogen) atoms. The molecule has 1 N–H and O–H groups in total. The summed E-state index contributed by atoms with van der Waals surface area (Å²) in [4.78, 5) is 19.6. The number of benzene rings is 3. The molecule has 10 heteroatoms. The molecule has 7 nitrogen and oxygen atoms in total. The van der Waals surface area contributed by atoms with Gasteiger partial charge >= 0.3 is 6.36 Å². The molecule has 1 saturated heterocycles. The number of nitrogens with zero attached hydrogens (tertiary/aromatic N) is 3. The van der Waals surface area contributed by atoms with E-state index >= 15 is 0 Å². The molecule has 1 aromatic heterocycles. The van der Waals surface area contributed by atoms with Gasteiger partial charge in [-0.25, -0.2) is 4.98 Å². The first-order valence-electron chi connectivity index (χ1n) is 12.7. The Kier molecular flexibility index (Phi) is 7.58. The number of ketones is 1. The van der Waals surface area contributed by atoms with Crippen molar-refractivity contribution in [3.8, 4) is 17.2 Å². The van der Waals surface area contributed by atoms with E-state index in [0.29, 0.717) is 35.4 Å². The monoisotopic (exact) mass is 539 g/mol. The van der Waals surface area contributed by atoms with Crippen LogP contribution >= 0.6 is 0 Å². The largest absolute Gasteiger partial charge is 0.573 e. The molecule has 2 heterocycles. The molecule has 4 aromatic rings. The van der Waals surface area contributed by atoms with E-state index in [1.165, 1.54) is 24.3 Å². The third kappa shape index (κ3) is 6.23. The predicted molar refractivity (Wildman–Crippen MR) is 139 cm³/mol. The predicted octanol–water partition coefficient (Wildman–Crippen LogP) is 5.88. The van der Waals surface area contributed by atoms with Crippen molar-refractivity contribution in [1.29, 1.82) is 0 Å². The first-order valence-corrected chi connectivity index (χ1v) is 12.7. The number of Topliss-reactive ketones (excluding diaryl/α,β-unsaturated/α-hetero) is 1. The van der Waals surface area contributed by atoms with Gasteiger partial charge in [-0.2, -0.15) is 0 Å². The summed E-state index contributed by atoms with van der Waals surface area (Å²) in [6.45, 7) is 2.55. The van der Waals surface area contributed by atoms with E-state index in [1.807, 2.05) is 33.7 Å². The summed E-state index contributed by atoms with van der Waals surface area (Å²) < 4.78 is 48.7. The topological polar surface area (TPSA) is 76.8 Å². The number of aromatic nitrogens is 2. The fourth-order valence-electron chi connectivity index (χ4n) is 4.92. The second kappa shape index (κ2) is 11.1. The lowest BCUT2D eigenvalue weighted by Crippen LogP contribution is -2.49. The van der Waals surface area contributed by atoms with Crippen LogP contribution < -0.4 is 9.47 Å². The zero-order valence-electron chi connectivity index (χ0n) is 21.3. The van der Waals surface area contributed by atoms with E-state index in [4.69, 9.17) is 4.74 Å². The summed E-state index contributed by atoms with van der Waals surface area (Å²) in [5.74, 6) is 0.275. The van der Waals surface area contributed by atoms with Crippen molar-refractivity contribution >= 4 is 16.8 Å². The minimum absolute atomic E-state index is 0.0135. The Balaban J connectivity index is 1.30. The number of aliphatic hydroxyl groups excluding tert-OH is 1. The van der Waals surface area contributed by atoms with Gasteiger partial charge < -0.3 is 14.6 Å². The molecule has 3 aromatic carbocycles. The number of likely N-dealkylation sites (tertiary alicyclic amines) is 1. The fraction of sp³-hybridized carbons (Fsp3) is 0.310. The van der Waals surface area contributed by atoms with Gasteiger partial charge in [0.25, 0.3) is 0 Å². The molecular weight excluding hydrogens is 511 g/mol. The fourth-order valence-corrected chi connectivity index (χ4v) is 4.92. The third-order valence-corrected chi connectivity index (χ3v) is 6.82. The van der Waals surface area contributed by atoms with Gasteiger partial charge in [0.15, 0.2) is 5.78 Å². The number of piperidine rings is 1. The Bertz CT molecular complexity index is 1450. The van der Waals surface area contributed by atoms with E-state index in [1.54, 1.807) is 31.5 Å². The molecule has 0 saturated carbocycles. The van der Waals surface area contributed by atoms with Crippen LogP contribution in [0.4, 0.5) is 13.2 Å². The number of hydrogen-bond donors (Lipinski definition) is 1. The number of aliphatic hydroxyl groups is 1. The van der Waals surface area contributed by atoms with E-state index < -0.39 is 12.6 Å². The van der Waals surface area contributed by atoms with Crippen molar-refractivity contribution in [3.63, 3.8) is 0 Å². The van der Waals surface area contributed by atoms with Gasteiger partial charge in [-0.05, 0) is 67.8 Å². The minimum atomic E-state index is -4.73. The highest BCUT2D eigenvalue weighted by atomic mass is 19.4. The number of imidazole rings is 1. The highest BCUT2D eigenvalue weighted by molar-refractivity contribution is 6.02. The van der Waals surface area contributed by atoms with Gasteiger partial charge in [0.1, 0.15) is 30.7 Å². The minimum Gasteiger partial charge on any atom is -0.489 e. The standard InChI is InChI=1S/C29H28F3N3O4/c1-19(36)34-14-3-2-7-27(34)28(37)21-10-13-26-25(15-21)33-18-35(26)22-5-4-6-24(16-22)38-17-20-8-11-23(12-9-20)39-29(30,31)32/h4-6,8-13,15-16,18-19,27,36H,2-3,7,14,17H2,1H3. The number of alkyl halides is 3. The van der Waals surface area contributed by atoms with Crippen LogP contribution in [0.2, 0.25) is 0 Å². The molecule has 0 amide bonds. The summed E-state index contributed by atoms with van der Waals surface area (Å²) in [5.41, 5.74) is 3.55. The summed E-state index contributed by atoms with van der Waals surface area (Å²) in [7, 11) is 0. The average Bonchev–Trinajstić information content (AvgIpc) is 3.35. The van der Waals surface area contributed by atoms with Crippen LogP contribution in [0.25, 0.3) is 16.7 Å². The number of ether oxygens (including phenoxy) is 2. The number of rotatable bonds is 8. The molecule has 2 atom stereocenters. The van der Waals surface area contributed by atoms with E-state index in [2.05, 4.69) is 9.72 Å².